The minimum atomic E-state index is -0.980. The molecule has 1 rings (SSSR count). The highest BCUT2D eigenvalue weighted by Crippen LogP contribution is 2.39. The molecule has 2 unspecified atom stereocenters. The molecule has 1 aliphatic carbocycles. The highest BCUT2D eigenvalue weighted by molar-refractivity contribution is 6.32. The first-order chi connectivity index (χ1) is 9.74. The van der Waals surface area contributed by atoms with E-state index in [1.165, 1.54) is 0 Å². The van der Waals surface area contributed by atoms with E-state index in [-0.39, 0.29) is 12.5 Å². The molecule has 1 aliphatic rings. The van der Waals surface area contributed by atoms with Crippen LogP contribution in [-0.4, -0.2) is 61.4 Å². The van der Waals surface area contributed by atoms with Gasteiger partial charge in [0.2, 0.25) is 0 Å². The Bertz CT molecular complexity index is 446. The number of hydrogen-bond donors (Lipinski definition) is 1. The first-order valence-corrected chi connectivity index (χ1v) is 7.43. The number of carboxylic acids is 1. The topological polar surface area (TPSA) is 53.0 Å². The molecular weight excluding hydrogens is 292 g/mol. The number of hydrogen-bond acceptors (Lipinski definition) is 4. The molecule has 6 heteroatoms. The molecule has 0 aromatic heterocycles. The fraction of sp³-hybridized carbons (Fsp3) is 0.667. The third-order valence-electron chi connectivity index (χ3n) is 3.67. The molecule has 0 heterocycles. The first kappa shape index (κ1) is 18.0. The van der Waals surface area contributed by atoms with Gasteiger partial charge in [0.05, 0.1) is 10.7 Å². The lowest BCUT2D eigenvalue weighted by atomic mass is 9.85. The Balaban J connectivity index is 3.27. The Hall–Kier alpha value is -1.04. The zero-order valence-corrected chi connectivity index (χ0v) is 14.1. The van der Waals surface area contributed by atoms with Gasteiger partial charge in [-0.2, -0.15) is 0 Å². The van der Waals surface area contributed by atoms with Crippen LogP contribution in [0.4, 0.5) is 0 Å². The summed E-state index contributed by atoms with van der Waals surface area (Å²) in [6.07, 6.45) is 5.73. The maximum absolute atomic E-state index is 10.9. The normalized spacial score (nSPS) is 25.6. The van der Waals surface area contributed by atoms with Gasteiger partial charge in [-0.1, -0.05) is 31.0 Å². The van der Waals surface area contributed by atoms with Crippen LogP contribution in [0.5, 0.6) is 0 Å². The summed E-state index contributed by atoms with van der Waals surface area (Å²) in [6, 6.07) is 0. The van der Waals surface area contributed by atoms with Gasteiger partial charge in [-0.3, -0.25) is 4.90 Å². The summed E-state index contributed by atoms with van der Waals surface area (Å²) < 4.78 is 5.81. The van der Waals surface area contributed by atoms with Crippen LogP contribution < -0.4 is 0 Å². The van der Waals surface area contributed by atoms with Gasteiger partial charge >= 0.3 is 5.97 Å². The molecule has 0 bridgehead atoms. The van der Waals surface area contributed by atoms with E-state index in [1.807, 2.05) is 50.1 Å². The number of carboxylic acid groups (broad SMARTS) is 1. The maximum atomic E-state index is 10.9. The summed E-state index contributed by atoms with van der Waals surface area (Å²) in [5, 5.41) is 9.64. The molecule has 5 nitrogen and oxygen atoms in total. The van der Waals surface area contributed by atoms with E-state index in [0.717, 1.165) is 18.5 Å². The minimum Gasteiger partial charge on any atom is -0.480 e. The molecule has 21 heavy (non-hydrogen) atoms. The number of aliphatic carboxylic acids is 1. The molecular formula is C15H25ClN2O3. The highest BCUT2D eigenvalue weighted by atomic mass is 35.5. The number of nitrogens with zero attached hydrogens (tertiary/aromatic N) is 2. The average Bonchev–Trinajstić information content (AvgIpc) is 2.37. The van der Waals surface area contributed by atoms with Crippen molar-refractivity contribution in [1.29, 1.82) is 0 Å². The monoisotopic (exact) mass is 316 g/mol. The highest BCUT2D eigenvalue weighted by Gasteiger charge is 2.43. The Labute approximate surface area is 131 Å². The van der Waals surface area contributed by atoms with Crippen molar-refractivity contribution >= 4 is 17.6 Å². The number of halogens is 1. The molecule has 0 amide bonds. The number of rotatable bonds is 7. The van der Waals surface area contributed by atoms with Crippen molar-refractivity contribution in [1.82, 2.24) is 9.80 Å². The van der Waals surface area contributed by atoms with Gasteiger partial charge in [-0.05, 0) is 26.6 Å². The quantitative estimate of drug-likeness (QED) is 0.731. The number of allylic oxidation sites excluding steroid dienone is 1. The van der Waals surface area contributed by atoms with Crippen LogP contribution in [0.15, 0.2) is 22.9 Å². The van der Waals surface area contributed by atoms with E-state index in [4.69, 9.17) is 21.4 Å². The Morgan fingerprint density at radius 2 is 2.05 bits per heavy atom. The summed E-state index contributed by atoms with van der Waals surface area (Å²) >= 11 is 6.36. The average molecular weight is 317 g/mol. The third-order valence-corrected chi connectivity index (χ3v) is 3.99. The fourth-order valence-corrected chi connectivity index (χ4v) is 2.99. The lowest BCUT2D eigenvalue weighted by Gasteiger charge is -2.45. The summed E-state index contributed by atoms with van der Waals surface area (Å²) in [4.78, 5) is 14.8. The van der Waals surface area contributed by atoms with E-state index in [9.17, 15) is 4.79 Å². The van der Waals surface area contributed by atoms with Gasteiger partial charge in [0.1, 0.15) is 12.3 Å². The van der Waals surface area contributed by atoms with E-state index < -0.39 is 11.7 Å². The van der Waals surface area contributed by atoms with Crippen LogP contribution in [-0.2, 0) is 9.53 Å². The van der Waals surface area contributed by atoms with Crippen LogP contribution in [0.2, 0.25) is 0 Å². The number of likely N-dealkylation sites (N-methyl/N-ethyl adjacent to an activating group) is 2. The SMILES string of the molecule is CCCC1C=C(Cl)C(N(C)C)=CC1(OCC(=O)O)N(C)C. The second-order valence-corrected chi connectivity index (χ2v) is 6.07. The third kappa shape index (κ3) is 3.99. The predicted molar refractivity (Wildman–Crippen MR) is 84.1 cm³/mol. The molecule has 0 fully saturated rings. The van der Waals surface area contributed by atoms with Gasteiger partial charge in [-0.15, -0.1) is 0 Å². The van der Waals surface area contributed by atoms with Crippen molar-refractivity contribution < 1.29 is 14.6 Å². The van der Waals surface area contributed by atoms with Gasteiger partial charge in [0, 0.05) is 20.0 Å². The fourth-order valence-electron chi connectivity index (χ4n) is 2.61. The zero-order chi connectivity index (χ0) is 16.2. The molecule has 0 saturated heterocycles. The minimum absolute atomic E-state index is 0.00745. The summed E-state index contributed by atoms with van der Waals surface area (Å²) in [5.41, 5.74) is 0.0370. The molecule has 120 valence electrons. The van der Waals surface area contributed by atoms with Gasteiger partial charge < -0.3 is 14.7 Å². The molecule has 0 aromatic rings. The van der Waals surface area contributed by atoms with Gasteiger partial charge in [0.15, 0.2) is 0 Å². The molecule has 0 saturated carbocycles. The maximum Gasteiger partial charge on any atom is 0.329 e. The Kier molecular flexibility index (Phi) is 6.25. The van der Waals surface area contributed by atoms with Gasteiger partial charge in [-0.25, -0.2) is 4.79 Å². The Morgan fingerprint density at radius 1 is 1.43 bits per heavy atom. The van der Waals surface area contributed by atoms with Crippen molar-refractivity contribution in [3.8, 4) is 0 Å². The van der Waals surface area contributed by atoms with E-state index in [1.54, 1.807) is 0 Å². The molecule has 1 N–H and O–H groups in total. The van der Waals surface area contributed by atoms with Crippen LogP contribution in [0, 0.1) is 5.92 Å². The molecule has 0 aliphatic heterocycles. The largest absolute Gasteiger partial charge is 0.480 e. The molecule has 0 spiro atoms. The number of carbonyl (C=O) groups is 1. The predicted octanol–water partition coefficient (Wildman–Crippen LogP) is 2.34. The van der Waals surface area contributed by atoms with Crippen LogP contribution in [0.3, 0.4) is 0 Å². The van der Waals surface area contributed by atoms with Crippen molar-refractivity contribution in [3.05, 3.63) is 22.9 Å². The van der Waals surface area contributed by atoms with E-state index in [0.29, 0.717) is 5.03 Å². The van der Waals surface area contributed by atoms with E-state index in [2.05, 4.69) is 6.92 Å². The molecule has 0 aromatic carbocycles. The second-order valence-electron chi connectivity index (χ2n) is 5.66. The van der Waals surface area contributed by atoms with E-state index >= 15 is 0 Å². The summed E-state index contributed by atoms with van der Waals surface area (Å²) in [6.45, 7) is 1.74. The van der Waals surface area contributed by atoms with Crippen LogP contribution in [0.25, 0.3) is 0 Å². The zero-order valence-electron chi connectivity index (χ0n) is 13.4. The first-order valence-electron chi connectivity index (χ1n) is 7.05. The second kappa shape index (κ2) is 7.29. The molecule has 0 radical (unpaired) electrons. The van der Waals surface area contributed by atoms with Crippen molar-refractivity contribution in [3.63, 3.8) is 0 Å². The lowest BCUT2D eigenvalue weighted by Crippen LogP contribution is -2.53. The van der Waals surface area contributed by atoms with Crippen molar-refractivity contribution in [2.75, 3.05) is 34.8 Å². The van der Waals surface area contributed by atoms with Crippen molar-refractivity contribution in [2.24, 2.45) is 5.92 Å². The smallest absolute Gasteiger partial charge is 0.329 e. The molecule has 2 atom stereocenters. The van der Waals surface area contributed by atoms with Gasteiger partial charge in [0.25, 0.3) is 0 Å². The lowest BCUT2D eigenvalue weighted by molar-refractivity contribution is -0.165. The summed E-state index contributed by atoms with van der Waals surface area (Å²) in [5.74, 6) is -0.972. The summed E-state index contributed by atoms with van der Waals surface area (Å²) in [7, 11) is 7.59. The number of ether oxygens (including phenoxy) is 1. The van der Waals surface area contributed by atoms with Crippen LogP contribution in [0.1, 0.15) is 19.8 Å². The van der Waals surface area contributed by atoms with Crippen molar-refractivity contribution in [2.45, 2.75) is 25.5 Å². The standard InChI is InChI=1S/C15H25ClN2O3/c1-6-7-11-8-12(16)13(17(2)3)9-15(11,18(4)5)21-10-14(19)20/h8-9,11H,6-7,10H2,1-5H3,(H,19,20). The Morgan fingerprint density at radius 3 is 2.48 bits per heavy atom. The van der Waals surface area contributed by atoms with Crippen LogP contribution >= 0.6 is 11.6 Å².